The van der Waals surface area contributed by atoms with Crippen molar-refractivity contribution in [3.8, 4) is 0 Å². The molecule has 108 valence electrons. The molecule has 2 heteroatoms. The van der Waals surface area contributed by atoms with Crippen molar-refractivity contribution >= 4 is 6.21 Å². The van der Waals surface area contributed by atoms with E-state index in [2.05, 4.69) is 0 Å². The lowest BCUT2D eigenvalue weighted by Gasteiger charge is -1.75. The number of allylic oxidation sites excluding steroid dienone is 17. The van der Waals surface area contributed by atoms with E-state index in [1.807, 2.05) is 85.1 Å². The van der Waals surface area contributed by atoms with Crippen LogP contribution in [0.5, 0.6) is 0 Å². The van der Waals surface area contributed by atoms with E-state index in [-0.39, 0.29) is 0 Å². The van der Waals surface area contributed by atoms with E-state index < -0.39 is 0 Å². The molecule has 0 aromatic heterocycles. The van der Waals surface area contributed by atoms with Gasteiger partial charge in [-0.05, 0) is 18.4 Å². The largest absolute Gasteiger partial charge is 0.405 e. The van der Waals surface area contributed by atoms with Crippen molar-refractivity contribution in [1.82, 2.24) is 0 Å². The summed E-state index contributed by atoms with van der Waals surface area (Å²) < 4.78 is 0. The van der Waals surface area contributed by atoms with Crippen molar-refractivity contribution in [3.63, 3.8) is 0 Å². The summed E-state index contributed by atoms with van der Waals surface area (Å²) in [4.78, 5) is 0. The summed E-state index contributed by atoms with van der Waals surface area (Å²) in [5.74, 6) is 0. The van der Waals surface area contributed by atoms with Gasteiger partial charge in [0, 0.05) is 6.21 Å². The Balaban J connectivity index is 3.87. The second-order valence-electron chi connectivity index (χ2n) is 3.63. The summed E-state index contributed by atoms with van der Waals surface area (Å²) in [6.07, 6.45) is 35.0. The van der Waals surface area contributed by atoms with Crippen LogP contribution in [0.3, 0.4) is 0 Å². The van der Waals surface area contributed by atoms with Crippen LogP contribution in [0, 0.1) is 5.41 Å². The molecule has 21 heavy (non-hydrogen) atoms. The first-order chi connectivity index (χ1) is 10.4. The minimum atomic E-state index is 1.25. The average Bonchev–Trinajstić information content (AvgIpc) is 2.50. The minimum Gasteiger partial charge on any atom is -0.405 e. The van der Waals surface area contributed by atoms with E-state index in [4.69, 9.17) is 11.1 Å². The van der Waals surface area contributed by atoms with Crippen molar-refractivity contribution in [1.29, 1.82) is 5.41 Å². The van der Waals surface area contributed by atoms with Gasteiger partial charge in [-0.15, -0.1) is 0 Å². The summed E-state index contributed by atoms with van der Waals surface area (Å²) in [6.45, 7) is 0. The van der Waals surface area contributed by atoms with Gasteiger partial charge in [-0.1, -0.05) is 91.1 Å². The molecule has 0 aliphatic heterocycles. The Labute approximate surface area is 127 Å². The number of nitrogens with one attached hydrogen (secondary N) is 1. The van der Waals surface area contributed by atoms with E-state index in [1.165, 1.54) is 12.4 Å². The third-order valence-corrected chi connectivity index (χ3v) is 1.99. The number of hydrogen-bond acceptors (Lipinski definition) is 2. The standard InChI is InChI=1S/C19H22N2/c20-18-16-14-12-10-8-6-4-2-1-3-5-7-9-11-13-15-17-19-21/h1-20H,21H2. The summed E-state index contributed by atoms with van der Waals surface area (Å²) >= 11 is 0. The highest BCUT2D eigenvalue weighted by atomic mass is 14.5. The van der Waals surface area contributed by atoms with Crippen LogP contribution in [0.1, 0.15) is 0 Å². The lowest BCUT2D eigenvalue weighted by molar-refractivity contribution is 1.58. The highest BCUT2D eigenvalue weighted by Gasteiger charge is 1.64. The van der Waals surface area contributed by atoms with Crippen LogP contribution in [-0.2, 0) is 0 Å². The van der Waals surface area contributed by atoms with E-state index in [0.717, 1.165) is 0 Å². The first kappa shape index (κ1) is 18.1. The highest BCUT2D eigenvalue weighted by Crippen LogP contribution is 1.86. The zero-order valence-electron chi connectivity index (χ0n) is 12.0. The molecule has 0 unspecified atom stereocenters. The molecule has 0 spiro atoms. The Kier molecular flexibility index (Phi) is 14.8. The van der Waals surface area contributed by atoms with E-state index in [0.29, 0.717) is 0 Å². The van der Waals surface area contributed by atoms with Gasteiger partial charge in [0.15, 0.2) is 0 Å². The van der Waals surface area contributed by atoms with Crippen molar-refractivity contribution in [2.75, 3.05) is 0 Å². The second-order valence-corrected chi connectivity index (χ2v) is 3.63. The van der Waals surface area contributed by atoms with Gasteiger partial charge in [0.1, 0.15) is 0 Å². The summed E-state index contributed by atoms with van der Waals surface area (Å²) in [5.41, 5.74) is 5.19. The maximum absolute atomic E-state index is 6.79. The molecule has 0 radical (unpaired) electrons. The van der Waals surface area contributed by atoms with Crippen LogP contribution in [0.4, 0.5) is 0 Å². The predicted molar refractivity (Wildman–Crippen MR) is 95.2 cm³/mol. The average molecular weight is 278 g/mol. The lowest BCUT2D eigenvalue weighted by atomic mass is 10.3. The van der Waals surface area contributed by atoms with Gasteiger partial charge in [-0.2, -0.15) is 0 Å². The molecule has 0 saturated heterocycles. The molecule has 0 heterocycles. The van der Waals surface area contributed by atoms with Crippen LogP contribution in [0.2, 0.25) is 0 Å². The zero-order valence-corrected chi connectivity index (χ0v) is 12.0. The fraction of sp³-hybridized carbons (Fsp3) is 0. The maximum atomic E-state index is 6.79. The predicted octanol–water partition coefficient (Wildman–Crippen LogP) is 4.56. The first-order valence-corrected chi connectivity index (χ1v) is 6.62. The summed E-state index contributed by atoms with van der Waals surface area (Å²) in [7, 11) is 0. The minimum absolute atomic E-state index is 1.25. The fourth-order valence-corrected chi connectivity index (χ4v) is 1.08. The normalized spacial score (nSPS) is 14.3. The van der Waals surface area contributed by atoms with Gasteiger partial charge in [-0.3, -0.25) is 0 Å². The van der Waals surface area contributed by atoms with Gasteiger partial charge in [0.2, 0.25) is 0 Å². The molecule has 0 aromatic rings. The van der Waals surface area contributed by atoms with Crippen LogP contribution in [0.15, 0.2) is 109 Å². The van der Waals surface area contributed by atoms with Crippen molar-refractivity contribution in [2.45, 2.75) is 0 Å². The third kappa shape index (κ3) is 17.1. The quantitative estimate of drug-likeness (QED) is 0.471. The SMILES string of the molecule is N=CC=CC=CC=CC=CC=CC=CC=CC=CC=CN. The summed E-state index contributed by atoms with van der Waals surface area (Å²) in [6, 6.07) is 0. The second kappa shape index (κ2) is 17.1. The molecule has 0 amide bonds. The third-order valence-electron chi connectivity index (χ3n) is 1.99. The van der Waals surface area contributed by atoms with Crippen molar-refractivity contribution < 1.29 is 0 Å². The van der Waals surface area contributed by atoms with Gasteiger partial charge in [0.05, 0.1) is 0 Å². The Hall–Kier alpha value is -2.87. The van der Waals surface area contributed by atoms with E-state index >= 15 is 0 Å². The van der Waals surface area contributed by atoms with Crippen LogP contribution < -0.4 is 5.73 Å². The maximum Gasteiger partial charge on any atom is 0.0177 e. The zero-order chi connectivity index (χ0) is 15.4. The molecule has 0 aromatic carbocycles. The molecule has 2 nitrogen and oxygen atoms in total. The van der Waals surface area contributed by atoms with Crippen molar-refractivity contribution in [2.24, 2.45) is 5.73 Å². The molecule has 0 bridgehead atoms. The van der Waals surface area contributed by atoms with Gasteiger partial charge >= 0.3 is 0 Å². The van der Waals surface area contributed by atoms with Gasteiger partial charge in [0.25, 0.3) is 0 Å². The van der Waals surface area contributed by atoms with Gasteiger partial charge < -0.3 is 11.1 Å². The molecule has 0 atom stereocenters. The highest BCUT2D eigenvalue weighted by molar-refractivity contribution is 5.68. The molecule has 0 aliphatic rings. The Morgan fingerprint density at radius 2 is 0.619 bits per heavy atom. The molecule has 0 aliphatic carbocycles. The molecule has 0 rings (SSSR count). The number of hydrogen-bond donors (Lipinski definition) is 2. The molecular formula is C19H22N2. The van der Waals surface area contributed by atoms with E-state index in [1.54, 1.807) is 18.2 Å². The van der Waals surface area contributed by atoms with E-state index in [9.17, 15) is 0 Å². The molecular weight excluding hydrogens is 256 g/mol. The topological polar surface area (TPSA) is 49.9 Å². The number of nitrogens with two attached hydrogens (primary N) is 1. The van der Waals surface area contributed by atoms with Crippen LogP contribution >= 0.6 is 0 Å². The fourth-order valence-electron chi connectivity index (χ4n) is 1.08. The number of rotatable bonds is 9. The first-order valence-electron chi connectivity index (χ1n) is 6.62. The Morgan fingerprint density at radius 1 is 0.381 bits per heavy atom. The van der Waals surface area contributed by atoms with Crippen LogP contribution in [0.25, 0.3) is 0 Å². The monoisotopic (exact) mass is 278 g/mol. The van der Waals surface area contributed by atoms with Crippen molar-refractivity contribution in [3.05, 3.63) is 109 Å². The smallest absolute Gasteiger partial charge is 0.0177 e. The molecule has 0 fully saturated rings. The lowest BCUT2D eigenvalue weighted by Crippen LogP contribution is -1.71. The Bertz CT molecular complexity index is 508. The Morgan fingerprint density at radius 3 is 0.857 bits per heavy atom. The van der Waals surface area contributed by atoms with Crippen LogP contribution in [-0.4, -0.2) is 6.21 Å². The molecule has 0 saturated carbocycles. The molecule has 3 N–H and O–H groups in total. The van der Waals surface area contributed by atoms with Gasteiger partial charge in [-0.25, -0.2) is 0 Å². The summed E-state index contributed by atoms with van der Waals surface area (Å²) in [5, 5.41) is 6.79.